The van der Waals surface area contributed by atoms with E-state index in [1.165, 1.54) is 21.8 Å². The Morgan fingerprint density at radius 1 is 1.47 bits per heavy atom. The summed E-state index contributed by atoms with van der Waals surface area (Å²) in [7, 11) is 0. The lowest BCUT2D eigenvalue weighted by atomic mass is 10.4. The van der Waals surface area contributed by atoms with Crippen molar-refractivity contribution in [2.45, 2.75) is 20.0 Å². The summed E-state index contributed by atoms with van der Waals surface area (Å²) in [5.41, 5.74) is 0.502. The molecule has 0 aromatic carbocycles. The number of rotatable bonds is 5. The van der Waals surface area contributed by atoms with Gasteiger partial charge in [-0.05, 0) is 13.0 Å². The van der Waals surface area contributed by atoms with Crippen molar-refractivity contribution >= 4 is 5.91 Å². The Bertz CT molecular complexity index is 603. The van der Waals surface area contributed by atoms with Crippen molar-refractivity contribution < 1.29 is 4.79 Å². The number of nitrogens with zero attached hydrogens (tertiary/aromatic N) is 4. The SMILES string of the molecule is Cc1cncn(CCNC(=O)Cn2cccn2)c1=O. The average molecular weight is 261 g/mol. The summed E-state index contributed by atoms with van der Waals surface area (Å²) in [5.74, 6) is -0.141. The molecular weight excluding hydrogens is 246 g/mol. The van der Waals surface area contributed by atoms with Crippen molar-refractivity contribution in [3.05, 3.63) is 46.9 Å². The van der Waals surface area contributed by atoms with Crippen LogP contribution in [0.3, 0.4) is 0 Å². The maximum Gasteiger partial charge on any atom is 0.256 e. The second-order valence-corrected chi connectivity index (χ2v) is 4.13. The molecule has 1 amide bonds. The first-order valence-corrected chi connectivity index (χ1v) is 5.92. The van der Waals surface area contributed by atoms with Crippen LogP contribution in [-0.4, -0.2) is 31.8 Å². The lowest BCUT2D eigenvalue weighted by Gasteiger charge is -2.07. The highest BCUT2D eigenvalue weighted by Crippen LogP contribution is 1.86. The maximum absolute atomic E-state index is 11.7. The fraction of sp³-hybridized carbons (Fsp3) is 0.333. The summed E-state index contributed by atoms with van der Waals surface area (Å²) < 4.78 is 3.01. The van der Waals surface area contributed by atoms with Crippen LogP contribution in [0.25, 0.3) is 0 Å². The Hall–Kier alpha value is -2.44. The van der Waals surface area contributed by atoms with E-state index in [1.54, 1.807) is 25.4 Å². The number of carbonyl (C=O) groups is 1. The van der Waals surface area contributed by atoms with Gasteiger partial charge in [0.2, 0.25) is 5.91 Å². The Morgan fingerprint density at radius 3 is 3.05 bits per heavy atom. The molecule has 2 aromatic heterocycles. The lowest BCUT2D eigenvalue weighted by molar-refractivity contribution is -0.121. The molecule has 7 nitrogen and oxygen atoms in total. The second kappa shape index (κ2) is 5.94. The lowest BCUT2D eigenvalue weighted by Crippen LogP contribution is -2.33. The van der Waals surface area contributed by atoms with Crippen molar-refractivity contribution in [1.82, 2.24) is 24.6 Å². The predicted octanol–water partition coefficient (Wildman–Crippen LogP) is -0.435. The van der Waals surface area contributed by atoms with Crippen molar-refractivity contribution in [1.29, 1.82) is 0 Å². The number of aromatic nitrogens is 4. The van der Waals surface area contributed by atoms with Crippen LogP contribution in [0.4, 0.5) is 0 Å². The summed E-state index contributed by atoms with van der Waals surface area (Å²) in [5, 5.41) is 6.67. The van der Waals surface area contributed by atoms with Crippen LogP contribution in [0.2, 0.25) is 0 Å². The molecule has 0 radical (unpaired) electrons. The molecule has 7 heteroatoms. The van der Waals surface area contributed by atoms with Gasteiger partial charge in [-0.2, -0.15) is 5.10 Å². The molecule has 2 rings (SSSR count). The summed E-state index contributed by atoms with van der Waals surface area (Å²) in [6.07, 6.45) is 6.32. The molecule has 0 fully saturated rings. The van der Waals surface area contributed by atoms with Crippen LogP contribution in [0.1, 0.15) is 5.56 Å². The Kier molecular flexibility index (Phi) is 4.07. The molecule has 19 heavy (non-hydrogen) atoms. The summed E-state index contributed by atoms with van der Waals surface area (Å²) in [4.78, 5) is 27.2. The van der Waals surface area contributed by atoms with Crippen LogP contribution in [0.5, 0.6) is 0 Å². The van der Waals surface area contributed by atoms with Gasteiger partial charge in [0, 0.05) is 37.2 Å². The number of nitrogens with one attached hydrogen (secondary N) is 1. The molecule has 0 saturated carbocycles. The van der Waals surface area contributed by atoms with E-state index in [1.807, 2.05) is 0 Å². The first kappa shape index (κ1) is 13.0. The Labute approximate surface area is 109 Å². The zero-order valence-electron chi connectivity index (χ0n) is 10.6. The highest BCUT2D eigenvalue weighted by Gasteiger charge is 2.03. The second-order valence-electron chi connectivity index (χ2n) is 4.13. The molecule has 0 saturated heterocycles. The van der Waals surface area contributed by atoms with Gasteiger partial charge in [0.15, 0.2) is 0 Å². The van der Waals surface area contributed by atoms with Crippen LogP contribution >= 0.6 is 0 Å². The number of carbonyl (C=O) groups excluding carboxylic acids is 1. The molecule has 0 spiro atoms. The summed E-state index contributed by atoms with van der Waals surface area (Å²) in [6, 6.07) is 1.76. The van der Waals surface area contributed by atoms with E-state index < -0.39 is 0 Å². The quantitative estimate of drug-likeness (QED) is 0.791. The average Bonchev–Trinajstić information content (AvgIpc) is 2.87. The first-order chi connectivity index (χ1) is 9.16. The van der Waals surface area contributed by atoms with Gasteiger partial charge in [0.1, 0.15) is 6.54 Å². The van der Waals surface area contributed by atoms with E-state index in [0.29, 0.717) is 18.7 Å². The van der Waals surface area contributed by atoms with Gasteiger partial charge >= 0.3 is 0 Å². The number of amides is 1. The Balaban J connectivity index is 1.82. The molecular formula is C12H15N5O2. The third-order valence-electron chi connectivity index (χ3n) is 2.61. The number of hydrogen-bond acceptors (Lipinski definition) is 4. The fourth-order valence-electron chi connectivity index (χ4n) is 1.63. The molecule has 0 aliphatic carbocycles. The zero-order valence-corrected chi connectivity index (χ0v) is 10.6. The van der Waals surface area contributed by atoms with Gasteiger partial charge < -0.3 is 5.32 Å². The van der Waals surface area contributed by atoms with Crippen LogP contribution in [0, 0.1) is 6.92 Å². The van der Waals surface area contributed by atoms with E-state index in [9.17, 15) is 9.59 Å². The van der Waals surface area contributed by atoms with Gasteiger partial charge in [0.05, 0.1) is 6.33 Å². The molecule has 0 unspecified atom stereocenters. The maximum atomic E-state index is 11.7. The van der Waals surface area contributed by atoms with Gasteiger partial charge in [-0.1, -0.05) is 0 Å². The van der Waals surface area contributed by atoms with Crippen LogP contribution in [0.15, 0.2) is 35.8 Å². The highest BCUT2D eigenvalue weighted by atomic mass is 16.2. The molecule has 2 heterocycles. The summed E-state index contributed by atoms with van der Waals surface area (Å²) in [6.45, 7) is 2.67. The minimum absolute atomic E-state index is 0.0867. The van der Waals surface area contributed by atoms with E-state index in [0.717, 1.165) is 0 Å². The molecule has 0 bridgehead atoms. The monoisotopic (exact) mass is 261 g/mol. The van der Waals surface area contributed by atoms with E-state index in [4.69, 9.17) is 0 Å². The van der Waals surface area contributed by atoms with Crippen molar-refractivity contribution in [2.24, 2.45) is 0 Å². The molecule has 0 aliphatic rings. The molecule has 2 aromatic rings. The van der Waals surface area contributed by atoms with E-state index in [-0.39, 0.29) is 18.0 Å². The fourth-order valence-corrected chi connectivity index (χ4v) is 1.63. The largest absolute Gasteiger partial charge is 0.353 e. The van der Waals surface area contributed by atoms with Crippen molar-refractivity contribution in [3.63, 3.8) is 0 Å². The minimum atomic E-state index is -0.141. The first-order valence-electron chi connectivity index (χ1n) is 5.92. The Morgan fingerprint density at radius 2 is 2.32 bits per heavy atom. The molecule has 1 N–H and O–H groups in total. The predicted molar refractivity (Wildman–Crippen MR) is 68.5 cm³/mol. The minimum Gasteiger partial charge on any atom is -0.353 e. The standard InChI is InChI=1S/C12H15N5O2/c1-10-7-13-9-16(12(10)19)6-4-14-11(18)8-17-5-2-3-15-17/h2-3,5,7,9H,4,6,8H2,1H3,(H,14,18). The topological polar surface area (TPSA) is 81.8 Å². The van der Waals surface area contributed by atoms with Crippen LogP contribution in [-0.2, 0) is 17.9 Å². The van der Waals surface area contributed by atoms with Gasteiger partial charge in [-0.15, -0.1) is 0 Å². The normalized spacial score (nSPS) is 10.4. The van der Waals surface area contributed by atoms with Gasteiger partial charge in [-0.25, -0.2) is 4.98 Å². The van der Waals surface area contributed by atoms with E-state index >= 15 is 0 Å². The molecule has 0 aliphatic heterocycles. The number of aryl methyl sites for hydroxylation is 1. The van der Waals surface area contributed by atoms with Crippen molar-refractivity contribution in [3.8, 4) is 0 Å². The third-order valence-corrected chi connectivity index (χ3v) is 2.61. The third kappa shape index (κ3) is 3.51. The molecule has 0 atom stereocenters. The van der Waals surface area contributed by atoms with Gasteiger partial charge in [-0.3, -0.25) is 18.8 Å². The van der Waals surface area contributed by atoms with E-state index in [2.05, 4.69) is 15.4 Å². The highest BCUT2D eigenvalue weighted by molar-refractivity contribution is 5.75. The van der Waals surface area contributed by atoms with Crippen molar-refractivity contribution in [2.75, 3.05) is 6.54 Å². The van der Waals surface area contributed by atoms with Gasteiger partial charge in [0.25, 0.3) is 5.56 Å². The smallest absolute Gasteiger partial charge is 0.256 e. The summed E-state index contributed by atoms with van der Waals surface area (Å²) >= 11 is 0. The zero-order chi connectivity index (χ0) is 13.7. The number of hydrogen-bond donors (Lipinski definition) is 1. The molecule has 100 valence electrons. The van der Waals surface area contributed by atoms with Crippen LogP contribution < -0.4 is 10.9 Å².